The van der Waals surface area contributed by atoms with Gasteiger partial charge in [-0.25, -0.2) is 9.36 Å². The molecule has 0 spiro atoms. The van der Waals surface area contributed by atoms with Crippen LogP contribution in [0.4, 0.5) is 0 Å². The van der Waals surface area contributed by atoms with Gasteiger partial charge in [0.2, 0.25) is 0 Å². The maximum Gasteiger partial charge on any atom is 0.474 e. The highest BCUT2D eigenvalue weighted by Crippen LogP contribution is 2.49. The molecular formula is C24H27O7PS5. The van der Waals surface area contributed by atoms with Crippen LogP contribution in [0.3, 0.4) is 0 Å². The molecule has 0 fully saturated rings. The summed E-state index contributed by atoms with van der Waals surface area (Å²) >= 11 is 5.19. The maximum atomic E-state index is 12.8. The van der Waals surface area contributed by atoms with E-state index in [1.54, 1.807) is 86.4 Å². The zero-order valence-corrected chi connectivity index (χ0v) is 25.3. The molecule has 3 rings (SSSR count). The zero-order valence-electron chi connectivity index (χ0n) is 20.3. The molecule has 0 aliphatic rings. The highest BCUT2D eigenvalue weighted by atomic mass is 33.1. The molecule has 3 aromatic rings. The van der Waals surface area contributed by atoms with E-state index < -0.39 is 13.8 Å². The predicted octanol–water partition coefficient (Wildman–Crippen LogP) is 8.38. The summed E-state index contributed by atoms with van der Waals surface area (Å²) in [5.74, 6) is 1.72. The minimum Gasteiger partial charge on any atom is -0.492 e. The van der Waals surface area contributed by atoms with Gasteiger partial charge in [-0.1, -0.05) is 66.6 Å². The Labute approximate surface area is 237 Å². The van der Waals surface area contributed by atoms with Crippen LogP contribution in [0.15, 0.2) is 54.6 Å². The van der Waals surface area contributed by atoms with E-state index in [9.17, 15) is 9.36 Å². The summed E-state index contributed by atoms with van der Waals surface area (Å²) < 4.78 is 40.0. The van der Waals surface area contributed by atoms with Gasteiger partial charge < -0.3 is 9.47 Å². The van der Waals surface area contributed by atoms with E-state index in [0.717, 1.165) is 14.3 Å². The topological polar surface area (TPSA) is 80.3 Å². The molecule has 0 saturated heterocycles. The fourth-order valence-corrected chi connectivity index (χ4v) is 8.25. The van der Waals surface area contributed by atoms with Gasteiger partial charge in [0.1, 0.15) is 20.9 Å². The quantitative estimate of drug-likeness (QED) is 0.0390. The van der Waals surface area contributed by atoms with Crippen molar-refractivity contribution in [3.8, 4) is 21.9 Å². The number of carbonyl (C=O) groups excluding carboxylic acids is 1. The number of phosphoric acid groups is 1. The molecule has 0 N–H and O–H groups in total. The Bertz CT molecular complexity index is 1220. The molecule has 7 nitrogen and oxygen atoms in total. The van der Waals surface area contributed by atoms with Crippen LogP contribution in [-0.4, -0.2) is 43.9 Å². The third-order valence-corrected chi connectivity index (χ3v) is 11.3. The molecule has 0 atom stereocenters. The Hall–Kier alpha value is -1.21. The normalized spacial score (nSPS) is 11.4. The van der Waals surface area contributed by atoms with Gasteiger partial charge in [-0.05, 0) is 61.9 Å². The van der Waals surface area contributed by atoms with Crippen LogP contribution in [0.25, 0.3) is 10.4 Å². The first-order valence-corrected chi connectivity index (χ1v) is 17.9. The molecular weight excluding hydrogens is 592 g/mol. The lowest BCUT2D eigenvalue weighted by atomic mass is 10.2. The fraction of sp³-hybridized carbons (Fsp3) is 0.333. The molecule has 0 aliphatic heterocycles. The van der Waals surface area contributed by atoms with Gasteiger partial charge in [-0.15, -0.1) is 0 Å². The summed E-state index contributed by atoms with van der Waals surface area (Å²) in [6, 6.07) is 16.3. The molecule has 0 unspecified atom stereocenters. The Morgan fingerprint density at radius 3 is 2.24 bits per heavy atom. The highest BCUT2D eigenvalue weighted by molar-refractivity contribution is 8.76. The number of ether oxygens (including phenoxy) is 2. The summed E-state index contributed by atoms with van der Waals surface area (Å²) in [4.78, 5) is 13.9. The molecule has 2 aromatic carbocycles. The Morgan fingerprint density at radius 2 is 1.59 bits per heavy atom. The average molecular weight is 619 g/mol. The first-order chi connectivity index (χ1) is 17.9. The van der Waals surface area contributed by atoms with Crippen molar-refractivity contribution in [1.29, 1.82) is 0 Å². The van der Waals surface area contributed by atoms with Crippen molar-refractivity contribution in [3.63, 3.8) is 0 Å². The number of benzene rings is 2. The van der Waals surface area contributed by atoms with Gasteiger partial charge in [0.05, 0.1) is 26.4 Å². The number of esters is 1. The van der Waals surface area contributed by atoms with Gasteiger partial charge in [-0.3, -0.25) is 13.6 Å². The molecule has 13 heteroatoms. The first kappa shape index (κ1) is 30.3. The van der Waals surface area contributed by atoms with E-state index >= 15 is 0 Å². The monoisotopic (exact) mass is 618 g/mol. The summed E-state index contributed by atoms with van der Waals surface area (Å²) in [6.45, 7) is 4.63. The van der Waals surface area contributed by atoms with E-state index in [4.69, 9.17) is 35.3 Å². The molecule has 0 bridgehead atoms. The van der Waals surface area contributed by atoms with E-state index in [-0.39, 0.29) is 19.8 Å². The third-order valence-electron chi connectivity index (χ3n) is 4.42. The third kappa shape index (κ3) is 10.1. The van der Waals surface area contributed by atoms with Crippen molar-refractivity contribution < 1.29 is 32.4 Å². The number of para-hydroxylation sites is 1. The molecule has 0 radical (unpaired) electrons. The molecule has 0 aliphatic carbocycles. The van der Waals surface area contributed by atoms with Crippen molar-refractivity contribution in [2.24, 2.45) is 0 Å². The number of rotatable bonds is 16. The van der Waals surface area contributed by atoms with Crippen molar-refractivity contribution in [2.45, 2.75) is 13.8 Å². The second-order valence-corrected chi connectivity index (χ2v) is 14.3. The van der Waals surface area contributed by atoms with Gasteiger partial charge in [0, 0.05) is 16.4 Å². The zero-order chi connectivity index (χ0) is 26.5. The van der Waals surface area contributed by atoms with Crippen molar-refractivity contribution >= 4 is 68.3 Å². The van der Waals surface area contributed by atoms with Gasteiger partial charge >= 0.3 is 13.8 Å². The van der Waals surface area contributed by atoms with Gasteiger partial charge in [0.25, 0.3) is 0 Å². The van der Waals surface area contributed by atoms with Crippen molar-refractivity contribution in [1.82, 2.24) is 0 Å². The van der Waals surface area contributed by atoms with Crippen LogP contribution in [0, 0.1) is 3.82 Å². The van der Waals surface area contributed by atoms with Crippen LogP contribution in [0.2, 0.25) is 0 Å². The minimum atomic E-state index is -3.47. The lowest BCUT2D eigenvalue weighted by Crippen LogP contribution is -2.11. The molecule has 0 amide bonds. The van der Waals surface area contributed by atoms with Crippen LogP contribution in [-0.2, 0) is 18.1 Å². The minimum absolute atomic E-state index is 0.244. The van der Waals surface area contributed by atoms with Crippen molar-refractivity contribution in [2.75, 3.05) is 37.9 Å². The Morgan fingerprint density at radius 1 is 0.919 bits per heavy atom. The smallest absolute Gasteiger partial charge is 0.474 e. The first-order valence-electron chi connectivity index (χ1n) is 11.4. The molecule has 200 valence electrons. The Balaban J connectivity index is 1.42. The fourth-order valence-electron chi connectivity index (χ4n) is 2.90. The van der Waals surface area contributed by atoms with Crippen molar-refractivity contribution in [3.05, 3.63) is 64.0 Å². The molecule has 0 saturated carbocycles. The van der Waals surface area contributed by atoms with Crippen LogP contribution in [0.5, 0.6) is 11.5 Å². The summed E-state index contributed by atoms with van der Waals surface area (Å²) in [5, 5.41) is 0. The summed E-state index contributed by atoms with van der Waals surface area (Å²) in [6.07, 6.45) is 0. The highest BCUT2D eigenvalue weighted by Gasteiger charge is 2.24. The van der Waals surface area contributed by atoms with E-state index in [2.05, 4.69) is 0 Å². The molecule has 37 heavy (non-hydrogen) atoms. The summed E-state index contributed by atoms with van der Waals surface area (Å²) in [5.41, 5.74) is 1.39. The largest absolute Gasteiger partial charge is 0.492 e. The number of carbonyl (C=O) groups is 1. The van der Waals surface area contributed by atoms with Gasteiger partial charge in [-0.2, -0.15) is 0 Å². The number of hydrogen-bond acceptors (Lipinski definition) is 12. The average Bonchev–Trinajstić information content (AvgIpc) is 3.33. The van der Waals surface area contributed by atoms with Crippen LogP contribution in [0.1, 0.15) is 24.2 Å². The number of phosphoric ester groups is 1. The lowest BCUT2D eigenvalue weighted by molar-refractivity contribution is 0.0730. The van der Waals surface area contributed by atoms with E-state index in [1.807, 2.05) is 24.3 Å². The molecule has 1 aromatic heterocycles. The number of hydrogen-bond donors (Lipinski definition) is 0. The van der Waals surface area contributed by atoms with Gasteiger partial charge in [0.15, 0.2) is 0 Å². The maximum absolute atomic E-state index is 12.8. The second kappa shape index (κ2) is 16.0. The lowest BCUT2D eigenvalue weighted by Gasteiger charge is -2.16. The SMILES string of the molecule is CCOP(=O)(OCC)OCCSSCCOc1ccccc1C(=O)Oc1ccc(-c2cc(=S)ss2)cc1. The second-order valence-electron chi connectivity index (χ2n) is 7.01. The van der Waals surface area contributed by atoms with Crippen LogP contribution < -0.4 is 9.47 Å². The summed E-state index contributed by atoms with van der Waals surface area (Å²) in [7, 11) is 2.86. The Kier molecular flexibility index (Phi) is 13.1. The van der Waals surface area contributed by atoms with E-state index in [1.165, 1.54) is 0 Å². The van der Waals surface area contributed by atoms with Crippen LogP contribution >= 0.6 is 62.3 Å². The standard InChI is InChI=1S/C24H27O7PS5/c1-3-28-32(26,29-4-2)30-14-16-35-34-15-13-27-21-8-6-5-7-20(21)24(25)31-19-11-9-18(10-12-19)22-17-23(33)37-36-22/h5-12,17H,3-4,13-16H2,1-2H3. The molecule has 1 heterocycles. The van der Waals surface area contributed by atoms with E-state index in [0.29, 0.717) is 35.2 Å². The predicted molar refractivity (Wildman–Crippen MR) is 157 cm³/mol.